The van der Waals surface area contributed by atoms with E-state index in [2.05, 4.69) is 10.3 Å². The highest BCUT2D eigenvalue weighted by atomic mass is 32.1. The van der Waals surface area contributed by atoms with E-state index in [1.54, 1.807) is 12.1 Å². The van der Waals surface area contributed by atoms with Crippen molar-refractivity contribution in [1.29, 1.82) is 0 Å². The Labute approximate surface area is 150 Å². The first-order valence-corrected chi connectivity index (χ1v) is 8.83. The summed E-state index contributed by atoms with van der Waals surface area (Å²) in [6, 6.07) is 12.2. The Morgan fingerprint density at radius 3 is 2.52 bits per heavy atom. The number of carbonyl (C=O) groups excluding carboxylic acids is 1. The number of nitrogens with zero attached hydrogens (tertiary/aromatic N) is 1. The zero-order chi connectivity index (χ0) is 18.0. The number of carbonyl (C=O) groups is 1. The van der Waals surface area contributed by atoms with Crippen LogP contribution in [0.25, 0.3) is 11.3 Å². The SMILES string of the molecule is Cc1ccc(NC(=O)Cc2nc(-c3ccc(F)cc3)c(C)s2)c(C)c1. The lowest BCUT2D eigenvalue weighted by Gasteiger charge is -2.08. The van der Waals surface area contributed by atoms with E-state index in [-0.39, 0.29) is 18.1 Å². The van der Waals surface area contributed by atoms with Crippen molar-refractivity contribution in [3.63, 3.8) is 0 Å². The van der Waals surface area contributed by atoms with Gasteiger partial charge in [-0.2, -0.15) is 0 Å². The molecule has 0 saturated heterocycles. The fourth-order valence-electron chi connectivity index (χ4n) is 2.69. The van der Waals surface area contributed by atoms with Crippen molar-refractivity contribution in [2.75, 3.05) is 5.32 Å². The van der Waals surface area contributed by atoms with E-state index in [0.29, 0.717) is 0 Å². The second-order valence-electron chi connectivity index (χ2n) is 6.06. The summed E-state index contributed by atoms with van der Waals surface area (Å²) in [7, 11) is 0. The van der Waals surface area contributed by atoms with Gasteiger partial charge in [0.1, 0.15) is 10.8 Å². The molecule has 5 heteroatoms. The summed E-state index contributed by atoms with van der Waals surface area (Å²) in [6.07, 6.45) is 0.222. The third-order valence-electron chi connectivity index (χ3n) is 3.93. The average molecular weight is 354 g/mol. The summed E-state index contributed by atoms with van der Waals surface area (Å²) in [5.41, 5.74) is 4.68. The van der Waals surface area contributed by atoms with E-state index >= 15 is 0 Å². The van der Waals surface area contributed by atoms with Gasteiger partial charge in [0.2, 0.25) is 5.91 Å². The maximum absolute atomic E-state index is 13.1. The zero-order valence-corrected chi connectivity index (χ0v) is 15.2. The van der Waals surface area contributed by atoms with Crippen LogP contribution < -0.4 is 5.32 Å². The van der Waals surface area contributed by atoms with Gasteiger partial charge in [0, 0.05) is 16.1 Å². The van der Waals surface area contributed by atoms with Crippen LogP contribution in [-0.2, 0) is 11.2 Å². The second kappa shape index (κ2) is 7.15. The quantitative estimate of drug-likeness (QED) is 0.712. The summed E-state index contributed by atoms with van der Waals surface area (Å²) in [5, 5.41) is 3.69. The number of hydrogen-bond donors (Lipinski definition) is 1. The van der Waals surface area contributed by atoms with Crippen LogP contribution in [0.15, 0.2) is 42.5 Å². The predicted octanol–water partition coefficient (Wildman–Crippen LogP) is 5.06. The number of hydrogen-bond acceptors (Lipinski definition) is 3. The molecule has 0 spiro atoms. The molecule has 0 bridgehead atoms. The Kier molecular flexibility index (Phi) is 4.95. The molecule has 3 rings (SSSR count). The summed E-state index contributed by atoms with van der Waals surface area (Å²) in [4.78, 5) is 17.9. The van der Waals surface area contributed by atoms with Gasteiger partial charge < -0.3 is 5.32 Å². The van der Waals surface area contributed by atoms with Crippen LogP contribution in [0.3, 0.4) is 0 Å². The molecule has 1 aromatic heterocycles. The highest BCUT2D eigenvalue weighted by Crippen LogP contribution is 2.28. The van der Waals surface area contributed by atoms with Crippen LogP contribution in [0.5, 0.6) is 0 Å². The molecule has 128 valence electrons. The molecular weight excluding hydrogens is 335 g/mol. The van der Waals surface area contributed by atoms with Crippen molar-refractivity contribution in [3.05, 3.63) is 69.3 Å². The fraction of sp³-hybridized carbons (Fsp3) is 0.200. The Hall–Kier alpha value is -2.53. The first kappa shape index (κ1) is 17.3. The van der Waals surface area contributed by atoms with E-state index in [1.165, 1.54) is 23.5 Å². The molecule has 0 aliphatic rings. The van der Waals surface area contributed by atoms with Gasteiger partial charge in [-0.25, -0.2) is 9.37 Å². The highest BCUT2D eigenvalue weighted by molar-refractivity contribution is 7.12. The molecule has 0 radical (unpaired) electrons. The Morgan fingerprint density at radius 1 is 1.12 bits per heavy atom. The van der Waals surface area contributed by atoms with Crippen LogP contribution in [0, 0.1) is 26.6 Å². The molecule has 1 amide bonds. The monoisotopic (exact) mass is 354 g/mol. The fourth-order valence-corrected chi connectivity index (χ4v) is 3.64. The normalized spacial score (nSPS) is 10.7. The van der Waals surface area contributed by atoms with Crippen LogP contribution in [-0.4, -0.2) is 10.9 Å². The van der Waals surface area contributed by atoms with Crippen molar-refractivity contribution in [2.24, 2.45) is 0 Å². The number of benzene rings is 2. The zero-order valence-electron chi connectivity index (χ0n) is 14.4. The predicted molar refractivity (Wildman–Crippen MR) is 100 cm³/mol. The van der Waals surface area contributed by atoms with Gasteiger partial charge in [0.15, 0.2) is 0 Å². The molecule has 0 fully saturated rings. The molecule has 0 atom stereocenters. The summed E-state index contributed by atoms with van der Waals surface area (Å²) in [5.74, 6) is -0.365. The third kappa shape index (κ3) is 4.12. The lowest BCUT2D eigenvalue weighted by Crippen LogP contribution is -2.15. The highest BCUT2D eigenvalue weighted by Gasteiger charge is 2.13. The summed E-state index contributed by atoms with van der Waals surface area (Å²) < 4.78 is 13.1. The minimum Gasteiger partial charge on any atom is -0.325 e. The number of anilines is 1. The smallest absolute Gasteiger partial charge is 0.231 e. The van der Waals surface area contributed by atoms with Crippen molar-refractivity contribution < 1.29 is 9.18 Å². The van der Waals surface area contributed by atoms with Gasteiger partial charge in [0.25, 0.3) is 0 Å². The lowest BCUT2D eigenvalue weighted by molar-refractivity contribution is -0.115. The Balaban J connectivity index is 1.74. The van der Waals surface area contributed by atoms with Gasteiger partial charge in [-0.3, -0.25) is 4.79 Å². The molecule has 0 aliphatic carbocycles. The number of aryl methyl sites for hydroxylation is 3. The van der Waals surface area contributed by atoms with Gasteiger partial charge in [-0.15, -0.1) is 11.3 Å². The first-order chi connectivity index (χ1) is 11.9. The summed E-state index contributed by atoms with van der Waals surface area (Å²) in [6.45, 7) is 5.96. The van der Waals surface area contributed by atoms with Crippen molar-refractivity contribution >= 4 is 22.9 Å². The second-order valence-corrected chi connectivity index (χ2v) is 7.35. The first-order valence-electron chi connectivity index (χ1n) is 8.02. The number of thiazole rings is 1. The largest absolute Gasteiger partial charge is 0.325 e. The van der Waals surface area contributed by atoms with Gasteiger partial charge in [0.05, 0.1) is 12.1 Å². The van der Waals surface area contributed by atoms with Crippen molar-refractivity contribution in [2.45, 2.75) is 27.2 Å². The van der Waals surface area contributed by atoms with Gasteiger partial charge >= 0.3 is 0 Å². The van der Waals surface area contributed by atoms with Crippen LogP contribution >= 0.6 is 11.3 Å². The van der Waals surface area contributed by atoms with E-state index in [1.807, 2.05) is 39.0 Å². The van der Waals surface area contributed by atoms with Crippen LogP contribution in [0.4, 0.5) is 10.1 Å². The maximum atomic E-state index is 13.1. The van der Waals surface area contributed by atoms with Crippen LogP contribution in [0.1, 0.15) is 21.0 Å². The maximum Gasteiger partial charge on any atom is 0.231 e. The minimum atomic E-state index is -0.273. The molecule has 1 heterocycles. The average Bonchev–Trinajstić information content (AvgIpc) is 2.91. The third-order valence-corrected chi connectivity index (χ3v) is 4.90. The van der Waals surface area contributed by atoms with E-state index in [0.717, 1.165) is 38.0 Å². The molecule has 2 aromatic carbocycles. The van der Waals surface area contributed by atoms with Crippen molar-refractivity contribution in [1.82, 2.24) is 4.98 Å². The molecule has 0 saturated carbocycles. The minimum absolute atomic E-state index is 0.0913. The number of rotatable bonds is 4. The molecule has 25 heavy (non-hydrogen) atoms. The molecule has 0 aliphatic heterocycles. The van der Waals surface area contributed by atoms with E-state index in [4.69, 9.17) is 0 Å². The number of aromatic nitrogens is 1. The standard InChI is InChI=1S/C20H19FN2OS/c1-12-4-9-17(13(2)10-12)22-18(24)11-19-23-20(14(3)25-19)15-5-7-16(21)8-6-15/h4-10H,11H2,1-3H3,(H,22,24). The van der Waals surface area contributed by atoms with Gasteiger partial charge in [-0.05, 0) is 56.7 Å². The molecule has 1 N–H and O–H groups in total. The Bertz CT molecular complexity index is 916. The number of halogens is 1. The molecular formula is C20H19FN2OS. The van der Waals surface area contributed by atoms with E-state index < -0.39 is 0 Å². The topological polar surface area (TPSA) is 42.0 Å². The number of nitrogens with one attached hydrogen (secondary N) is 1. The number of amides is 1. The van der Waals surface area contributed by atoms with Gasteiger partial charge in [-0.1, -0.05) is 17.7 Å². The van der Waals surface area contributed by atoms with Crippen molar-refractivity contribution in [3.8, 4) is 11.3 Å². The lowest BCUT2D eigenvalue weighted by atomic mass is 10.1. The van der Waals surface area contributed by atoms with Crippen LogP contribution in [0.2, 0.25) is 0 Å². The Morgan fingerprint density at radius 2 is 1.84 bits per heavy atom. The summed E-state index contributed by atoms with van der Waals surface area (Å²) >= 11 is 1.49. The van der Waals surface area contributed by atoms with E-state index in [9.17, 15) is 9.18 Å². The molecule has 3 aromatic rings. The molecule has 0 unspecified atom stereocenters. The molecule has 3 nitrogen and oxygen atoms in total.